The van der Waals surface area contributed by atoms with Crippen LogP contribution < -0.4 is 4.74 Å². The van der Waals surface area contributed by atoms with Gasteiger partial charge in [0.15, 0.2) is 12.4 Å². The number of benzene rings is 2. The first kappa shape index (κ1) is 18.1. The molecule has 136 valence electrons. The number of carbonyl (C=O) groups is 2. The molecule has 5 heteroatoms. The Hall–Kier alpha value is -2.69. The number of carbonyl (C=O) groups excluding carboxylic acids is 2. The zero-order valence-corrected chi connectivity index (χ0v) is 14.8. The van der Waals surface area contributed by atoms with Crippen molar-refractivity contribution >= 4 is 11.7 Å². The molecule has 4 nitrogen and oxygen atoms in total. The topological polar surface area (TPSA) is 46.6 Å². The fraction of sp³-hybridized carbons (Fsp3) is 0.333. The maximum Gasteiger partial charge on any atom is 0.260 e. The van der Waals surface area contributed by atoms with E-state index in [-0.39, 0.29) is 30.0 Å². The number of nitrogens with zero attached hydrogens (tertiary/aromatic N) is 1. The minimum Gasteiger partial charge on any atom is -0.484 e. The van der Waals surface area contributed by atoms with E-state index in [2.05, 4.69) is 0 Å². The van der Waals surface area contributed by atoms with Crippen molar-refractivity contribution in [1.29, 1.82) is 0 Å². The second kappa shape index (κ2) is 8.13. The molecule has 26 heavy (non-hydrogen) atoms. The summed E-state index contributed by atoms with van der Waals surface area (Å²) in [5.74, 6) is -0.128. The van der Waals surface area contributed by atoms with E-state index in [1.165, 1.54) is 24.3 Å². The molecule has 2 aromatic rings. The third-order valence-electron chi connectivity index (χ3n) is 4.66. The number of rotatable bonds is 5. The van der Waals surface area contributed by atoms with Gasteiger partial charge < -0.3 is 9.64 Å². The monoisotopic (exact) mass is 355 g/mol. The van der Waals surface area contributed by atoms with Gasteiger partial charge in [-0.05, 0) is 56.2 Å². The number of Topliss-reactive ketones (excluding diaryl/α,β-unsaturated/α-hetero) is 1. The first-order valence-electron chi connectivity index (χ1n) is 8.80. The zero-order chi connectivity index (χ0) is 18.5. The van der Waals surface area contributed by atoms with Crippen LogP contribution in [-0.2, 0) is 4.79 Å². The highest BCUT2D eigenvalue weighted by Gasteiger charge is 2.29. The molecule has 0 bridgehead atoms. The Morgan fingerprint density at radius 1 is 1.12 bits per heavy atom. The van der Waals surface area contributed by atoms with Crippen LogP contribution in [0.2, 0.25) is 0 Å². The number of halogens is 1. The summed E-state index contributed by atoms with van der Waals surface area (Å²) in [4.78, 5) is 26.7. The van der Waals surface area contributed by atoms with Gasteiger partial charge in [-0.2, -0.15) is 0 Å². The van der Waals surface area contributed by atoms with Crippen LogP contribution in [0.15, 0.2) is 48.5 Å². The Balaban J connectivity index is 1.57. The molecule has 1 atom stereocenters. The predicted octanol–water partition coefficient (Wildman–Crippen LogP) is 3.63. The summed E-state index contributed by atoms with van der Waals surface area (Å²) in [6.45, 7) is 2.96. The van der Waals surface area contributed by atoms with E-state index in [0.29, 0.717) is 24.4 Å². The van der Waals surface area contributed by atoms with Crippen LogP contribution in [0.25, 0.3) is 0 Å². The van der Waals surface area contributed by atoms with Crippen LogP contribution in [0, 0.1) is 18.7 Å². The highest BCUT2D eigenvalue weighted by molar-refractivity contribution is 5.98. The summed E-state index contributed by atoms with van der Waals surface area (Å²) in [6.07, 6.45) is 1.51. The van der Waals surface area contributed by atoms with Crippen LogP contribution in [-0.4, -0.2) is 36.3 Å². The quantitative estimate of drug-likeness (QED) is 0.770. The van der Waals surface area contributed by atoms with E-state index in [1.807, 2.05) is 31.2 Å². The first-order valence-corrected chi connectivity index (χ1v) is 8.80. The van der Waals surface area contributed by atoms with E-state index in [1.54, 1.807) is 4.90 Å². The van der Waals surface area contributed by atoms with Crippen LogP contribution in [0.5, 0.6) is 5.75 Å². The number of ketones is 1. The van der Waals surface area contributed by atoms with Crippen molar-refractivity contribution < 1.29 is 18.7 Å². The number of amides is 1. The highest BCUT2D eigenvalue weighted by atomic mass is 19.1. The number of aryl methyl sites for hydroxylation is 1. The molecule has 0 radical (unpaired) electrons. The molecule has 3 rings (SSSR count). The molecule has 0 N–H and O–H groups in total. The minimum absolute atomic E-state index is 0.0399. The Morgan fingerprint density at radius 3 is 2.50 bits per heavy atom. The van der Waals surface area contributed by atoms with Crippen molar-refractivity contribution in [2.24, 2.45) is 5.92 Å². The lowest BCUT2D eigenvalue weighted by Gasteiger charge is -2.32. The van der Waals surface area contributed by atoms with Crippen molar-refractivity contribution in [3.63, 3.8) is 0 Å². The standard InChI is InChI=1S/C21H22FNO3/c1-15-4-10-19(11-5-15)26-14-20(24)23-12-2-3-17(13-23)21(25)16-6-8-18(22)9-7-16/h4-11,17H,2-3,12-14H2,1H3. The van der Waals surface area contributed by atoms with Crippen molar-refractivity contribution in [1.82, 2.24) is 4.90 Å². The second-order valence-corrected chi connectivity index (χ2v) is 6.65. The van der Waals surface area contributed by atoms with Gasteiger partial charge in [0.25, 0.3) is 5.91 Å². The van der Waals surface area contributed by atoms with Crippen molar-refractivity contribution in [3.05, 3.63) is 65.5 Å². The van der Waals surface area contributed by atoms with E-state index < -0.39 is 0 Å². The third-order valence-corrected chi connectivity index (χ3v) is 4.66. The lowest BCUT2D eigenvalue weighted by atomic mass is 9.90. The van der Waals surface area contributed by atoms with Crippen molar-refractivity contribution in [2.45, 2.75) is 19.8 Å². The molecule has 1 aliphatic heterocycles. The van der Waals surface area contributed by atoms with E-state index in [4.69, 9.17) is 4.74 Å². The SMILES string of the molecule is Cc1ccc(OCC(=O)N2CCCC(C(=O)c3ccc(F)cc3)C2)cc1. The van der Waals surface area contributed by atoms with Gasteiger partial charge >= 0.3 is 0 Å². The largest absolute Gasteiger partial charge is 0.484 e. The molecule has 1 amide bonds. The molecule has 0 aliphatic carbocycles. The van der Waals surface area contributed by atoms with Crippen LogP contribution in [0.1, 0.15) is 28.8 Å². The summed E-state index contributed by atoms with van der Waals surface area (Å²) in [5, 5.41) is 0. The summed E-state index contributed by atoms with van der Waals surface area (Å²) >= 11 is 0. The number of ether oxygens (including phenoxy) is 1. The second-order valence-electron chi connectivity index (χ2n) is 6.65. The van der Waals surface area contributed by atoms with E-state index >= 15 is 0 Å². The normalized spacial score (nSPS) is 17.0. The zero-order valence-electron chi connectivity index (χ0n) is 14.8. The van der Waals surface area contributed by atoms with Gasteiger partial charge in [0.2, 0.25) is 0 Å². The van der Waals surface area contributed by atoms with Gasteiger partial charge in [-0.1, -0.05) is 17.7 Å². The fourth-order valence-electron chi connectivity index (χ4n) is 3.14. The Kier molecular flexibility index (Phi) is 5.66. The molecule has 1 unspecified atom stereocenters. The average Bonchev–Trinajstić information content (AvgIpc) is 2.67. The van der Waals surface area contributed by atoms with E-state index in [0.717, 1.165) is 18.4 Å². The Bertz CT molecular complexity index is 771. The van der Waals surface area contributed by atoms with Crippen LogP contribution in [0.4, 0.5) is 4.39 Å². The number of hydrogen-bond donors (Lipinski definition) is 0. The van der Waals surface area contributed by atoms with E-state index in [9.17, 15) is 14.0 Å². The number of likely N-dealkylation sites (tertiary alicyclic amines) is 1. The Morgan fingerprint density at radius 2 is 1.81 bits per heavy atom. The van der Waals surface area contributed by atoms with Gasteiger partial charge in [-0.3, -0.25) is 9.59 Å². The van der Waals surface area contributed by atoms with Crippen molar-refractivity contribution in [2.75, 3.05) is 19.7 Å². The first-order chi connectivity index (χ1) is 12.5. The molecule has 1 aliphatic rings. The fourth-order valence-corrected chi connectivity index (χ4v) is 3.14. The molecule has 2 aromatic carbocycles. The molecule has 1 saturated heterocycles. The molecule has 0 aromatic heterocycles. The Labute approximate surface area is 152 Å². The van der Waals surface area contributed by atoms with Gasteiger partial charge in [0.05, 0.1) is 0 Å². The molecule has 1 heterocycles. The molecular weight excluding hydrogens is 333 g/mol. The molecular formula is C21H22FNO3. The predicted molar refractivity (Wildman–Crippen MR) is 96.7 cm³/mol. The lowest BCUT2D eigenvalue weighted by Crippen LogP contribution is -2.44. The number of hydrogen-bond acceptors (Lipinski definition) is 3. The van der Waals surface area contributed by atoms with Gasteiger partial charge in [0, 0.05) is 24.6 Å². The minimum atomic E-state index is -0.366. The lowest BCUT2D eigenvalue weighted by molar-refractivity contribution is -0.134. The summed E-state index contributed by atoms with van der Waals surface area (Å²) in [5.41, 5.74) is 1.61. The summed E-state index contributed by atoms with van der Waals surface area (Å²) in [7, 11) is 0. The molecule has 0 saturated carbocycles. The van der Waals surface area contributed by atoms with Gasteiger partial charge in [-0.25, -0.2) is 4.39 Å². The maximum absolute atomic E-state index is 13.0. The highest BCUT2D eigenvalue weighted by Crippen LogP contribution is 2.21. The average molecular weight is 355 g/mol. The molecule has 1 fully saturated rings. The summed E-state index contributed by atoms with van der Waals surface area (Å²) in [6, 6.07) is 13.1. The number of piperidine rings is 1. The van der Waals surface area contributed by atoms with Gasteiger partial charge in [0.1, 0.15) is 11.6 Å². The van der Waals surface area contributed by atoms with Crippen molar-refractivity contribution in [3.8, 4) is 5.75 Å². The molecule has 0 spiro atoms. The smallest absolute Gasteiger partial charge is 0.260 e. The summed E-state index contributed by atoms with van der Waals surface area (Å²) < 4.78 is 18.6. The van der Waals surface area contributed by atoms with Crippen LogP contribution in [0.3, 0.4) is 0 Å². The van der Waals surface area contributed by atoms with Crippen LogP contribution >= 0.6 is 0 Å². The van der Waals surface area contributed by atoms with Gasteiger partial charge in [-0.15, -0.1) is 0 Å². The third kappa shape index (κ3) is 4.48. The maximum atomic E-state index is 13.0.